The van der Waals surface area contributed by atoms with Crippen LogP contribution in [0.15, 0.2) is 66.9 Å². The summed E-state index contributed by atoms with van der Waals surface area (Å²) in [4.78, 5) is 80.8. The molecule has 4 aliphatic rings. The average molecular weight is 928 g/mol. The number of methoxy groups -OCH3 is 1. The number of rotatable bonds is 14. The van der Waals surface area contributed by atoms with Gasteiger partial charge in [0.2, 0.25) is 33.7 Å². The molecule has 1 unspecified atom stereocenters. The van der Waals surface area contributed by atoms with Gasteiger partial charge in [-0.25, -0.2) is 13.4 Å². The zero-order chi connectivity index (χ0) is 46.0. The van der Waals surface area contributed by atoms with Gasteiger partial charge in [-0.15, -0.1) is 0 Å². The predicted molar refractivity (Wildman–Crippen MR) is 246 cm³/mol. The molecule has 8 rings (SSSR count). The molecule has 3 aromatic carbocycles. The number of hydrogen-bond donors (Lipinski definition) is 4. The molecule has 5 amide bonds. The summed E-state index contributed by atoms with van der Waals surface area (Å²) in [6, 6.07) is 16.4. The molecule has 5 heterocycles. The van der Waals surface area contributed by atoms with Gasteiger partial charge in [-0.05, 0) is 74.7 Å². The third kappa shape index (κ3) is 10.00. The fourth-order valence-electron chi connectivity index (χ4n) is 8.67. The largest absolute Gasteiger partial charge is 0.494 e. The van der Waals surface area contributed by atoms with Gasteiger partial charge >= 0.3 is 0 Å². The number of piperazine rings is 1. The molecule has 65 heavy (non-hydrogen) atoms. The lowest BCUT2D eigenvalue weighted by Gasteiger charge is -2.39. The van der Waals surface area contributed by atoms with Crippen molar-refractivity contribution in [3.63, 3.8) is 0 Å². The topological polar surface area (TPSA) is 219 Å². The number of amides is 5. The smallest absolute Gasteiger partial charge is 0.264 e. The highest BCUT2D eigenvalue weighted by molar-refractivity contribution is 7.92. The van der Waals surface area contributed by atoms with Crippen molar-refractivity contribution in [3.05, 3.63) is 83.0 Å². The summed E-state index contributed by atoms with van der Waals surface area (Å²) in [5.74, 6) is -1.09. The monoisotopic (exact) mass is 927 g/mol. The van der Waals surface area contributed by atoms with E-state index in [0.29, 0.717) is 28.7 Å². The number of hydrogen-bond acceptors (Lipinski definition) is 15. The lowest BCUT2D eigenvalue weighted by atomic mass is 9.96. The minimum Gasteiger partial charge on any atom is -0.494 e. The van der Waals surface area contributed by atoms with Gasteiger partial charge < -0.3 is 25.6 Å². The summed E-state index contributed by atoms with van der Waals surface area (Å²) in [5, 5.41) is 11.6. The lowest BCUT2D eigenvalue weighted by molar-refractivity contribution is -0.136. The van der Waals surface area contributed by atoms with E-state index in [1.807, 2.05) is 18.2 Å². The first-order valence-electron chi connectivity index (χ1n) is 21.3. The molecule has 4 N–H and O–H groups in total. The van der Waals surface area contributed by atoms with Crippen molar-refractivity contribution in [2.24, 2.45) is 5.92 Å². The minimum atomic E-state index is -3.52. The second kappa shape index (κ2) is 19.0. The number of carbonyl (C=O) groups is 5. The molecule has 0 aliphatic carbocycles. The maximum atomic E-state index is 13.4. The summed E-state index contributed by atoms with van der Waals surface area (Å²) >= 11 is 6.47. The van der Waals surface area contributed by atoms with Crippen LogP contribution in [0.2, 0.25) is 5.02 Å². The van der Waals surface area contributed by atoms with Crippen molar-refractivity contribution in [3.8, 4) is 5.75 Å². The van der Waals surface area contributed by atoms with E-state index in [1.165, 1.54) is 23.6 Å². The fourth-order valence-corrected chi connectivity index (χ4v) is 9.32. The van der Waals surface area contributed by atoms with Crippen LogP contribution in [0.4, 0.5) is 40.2 Å². The number of nitrogens with zero attached hydrogens (tertiary/aromatic N) is 7. The van der Waals surface area contributed by atoms with Crippen LogP contribution in [-0.4, -0.2) is 141 Å². The number of fused-ring (bicyclic) bond motifs is 1. The summed E-state index contributed by atoms with van der Waals surface area (Å²) in [6.07, 6.45) is 4.54. The van der Waals surface area contributed by atoms with Crippen molar-refractivity contribution < 1.29 is 37.1 Å². The van der Waals surface area contributed by atoms with E-state index in [4.69, 9.17) is 16.3 Å². The Bertz CT molecular complexity index is 2640. The van der Waals surface area contributed by atoms with Gasteiger partial charge in [-0.3, -0.25) is 48.3 Å². The standard InChI is InChI=1S/C44H50ClN11O8S/c1-52(65(3,62)63)34-10-5-4-8-31(34)48-40-30(45)24-46-44(51-40)49-32-12-11-28(23-36(32)64-2)55-21-19-54(20-22-55)25-27-15-17-53(18-16-27)26-38(58)47-33-9-6-7-29-39(33)43(61)56(42(29)60)35-13-14-37(57)50-41(35)59/h4-12,23-24,27,35H,13-22,25-26H2,1-3H3,(H,47,58)(H,50,57,59)(H2,46,48,49,51). The maximum absolute atomic E-state index is 13.4. The molecule has 342 valence electrons. The van der Waals surface area contributed by atoms with Crippen LogP contribution in [0.5, 0.6) is 5.75 Å². The molecular formula is C44H50ClN11O8S. The summed E-state index contributed by atoms with van der Waals surface area (Å²) < 4.78 is 31.5. The van der Waals surface area contributed by atoms with Gasteiger partial charge in [0.25, 0.3) is 11.8 Å². The number of halogens is 1. The minimum absolute atomic E-state index is 0.0218. The van der Waals surface area contributed by atoms with E-state index >= 15 is 0 Å². The molecule has 0 bridgehead atoms. The van der Waals surface area contributed by atoms with Crippen molar-refractivity contribution in [2.45, 2.75) is 31.7 Å². The molecular weight excluding hydrogens is 878 g/mol. The third-order valence-electron chi connectivity index (χ3n) is 12.2. The van der Waals surface area contributed by atoms with Crippen LogP contribution in [0.3, 0.4) is 0 Å². The highest BCUT2D eigenvalue weighted by Crippen LogP contribution is 2.36. The molecule has 3 fully saturated rings. The van der Waals surface area contributed by atoms with Crippen LogP contribution >= 0.6 is 11.6 Å². The van der Waals surface area contributed by atoms with E-state index in [2.05, 4.69) is 45.9 Å². The van der Waals surface area contributed by atoms with Gasteiger partial charge in [-0.1, -0.05) is 29.8 Å². The molecule has 0 spiro atoms. The first kappa shape index (κ1) is 45.2. The number of likely N-dealkylation sites (tertiary alicyclic amines) is 1. The average Bonchev–Trinajstić information content (AvgIpc) is 3.54. The van der Waals surface area contributed by atoms with E-state index in [1.54, 1.807) is 43.5 Å². The van der Waals surface area contributed by atoms with Gasteiger partial charge in [-0.2, -0.15) is 4.98 Å². The maximum Gasteiger partial charge on any atom is 0.264 e. The normalized spacial score (nSPS) is 18.6. The molecule has 3 saturated heterocycles. The van der Waals surface area contributed by atoms with Crippen molar-refractivity contribution in [2.75, 3.05) is 97.9 Å². The van der Waals surface area contributed by atoms with Gasteiger partial charge in [0.05, 0.1) is 60.0 Å². The molecule has 1 atom stereocenters. The number of anilines is 7. The Kier molecular flexibility index (Phi) is 13.2. The highest BCUT2D eigenvalue weighted by atomic mass is 35.5. The fraction of sp³-hybridized carbons (Fsp3) is 0.386. The molecule has 4 aromatic rings. The summed E-state index contributed by atoms with van der Waals surface area (Å²) in [7, 11) is -0.444. The number of ether oxygens (including phenoxy) is 1. The zero-order valence-electron chi connectivity index (χ0n) is 36.2. The molecule has 0 saturated carbocycles. The number of para-hydroxylation sites is 2. The van der Waals surface area contributed by atoms with Crippen LogP contribution in [0.1, 0.15) is 46.4 Å². The Morgan fingerprint density at radius 3 is 2.35 bits per heavy atom. The second-order valence-electron chi connectivity index (χ2n) is 16.5. The Labute approximate surface area is 381 Å². The van der Waals surface area contributed by atoms with E-state index in [0.717, 1.165) is 75.5 Å². The van der Waals surface area contributed by atoms with Crippen LogP contribution in [0, 0.1) is 5.92 Å². The van der Waals surface area contributed by atoms with Crippen LogP contribution in [0.25, 0.3) is 0 Å². The van der Waals surface area contributed by atoms with Crippen molar-refractivity contribution >= 4 is 91.4 Å². The number of nitrogens with one attached hydrogen (secondary N) is 4. The highest BCUT2D eigenvalue weighted by Gasteiger charge is 2.46. The van der Waals surface area contributed by atoms with Gasteiger partial charge in [0, 0.05) is 57.9 Å². The Morgan fingerprint density at radius 2 is 1.63 bits per heavy atom. The predicted octanol–water partition coefficient (Wildman–Crippen LogP) is 3.90. The Balaban J connectivity index is 0.801. The van der Waals surface area contributed by atoms with Crippen molar-refractivity contribution in [1.29, 1.82) is 0 Å². The number of imide groups is 2. The Hall–Kier alpha value is -6.35. The number of benzene rings is 3. The lowest BCUT2D eigenvalue weighted by Crippen LogP contribution is -2.54. The second-order valence-corrected chi connectivity index (χ2v) is 18.9. The van der Waals surface area contributed by atoms with E-state index in [-0.39, 0.29) is 58.9 Å². The SMILES string of the molecule is COc1cc(N2CCN(CC3CCN(CC(=O)Nc4cccc5c4C(=O)N(C4CCC(=O)NC4=O)C5=O)CC3)CC2)ccc1Nc1ncc(Cl)c(Nc2ccccc2N(C)S(C)(=O)=O)n1. The zero-order valence-corrected chi connectivity index (χ0v) is 37.7. The Morgan fingerprint density at radius 1 is 0.892 bits per heavy atom. The van der Waals surface area contributed by atoms with Gasteiger partial charge in [0.1, 0.15) is 16.8 Å². The molecule has 1 aromatic heterocycles. The molecule has 21 heteroatoms. The molecule has 4 aliphatic heterocycles. The first-order valence-corrected chi connectivity index (χ1v) is 23.5. The number of aromatic nitrogens is 2. The van der Waals surface area contributed by atoms with Crippen LogP contribution < -0.4 is 35.2 Å². The quantitative estimate of drug-likeness (QED) is 0.132. The van der Waals surface area contributed by atoms with Crippen molar-refractivity contribution in [1.82, 2.24) is 30.0 Å². The van der Waals surface area contributed by atoms with E-state index < -0.39 is 39.7 Å². The van der Waals surface area contributed by atoms with E-state index in [9.17, 15) is 32.4 Å². The number of carbonyl (C=O) groups excluding carboxylic acids is 5. The summed E-state index contributed by atoms with van der Waals surface area (Å²) in [6.45, 7) is 6.07. The molecule has 0 radical (unpaired) electrons. The first-order chi connectivity index (χ1) is 31.2. The third-order valence-corrected chi connectivity index (χ3v) is 13.7. The molecule has 19 nitrogen and oxygen atoms in total. The number of sulfonamides is 1. The number of piperidine rings is 2. The summed E-state index contributed by atoms with van der Waals surface area (Å²) in [5.41, 5.74) is 2.99. The van der Waals surface area contributed by atoms with Gasteiger partial charge in [0.15, 0.2) is 5.82 Å². The van der Waals surface area contributed by atoms with Crippen LogP contribution in [-0.2, 0) is 24.4 Å².